The SMILES string of the molecule is Cc1nc2ncnn2c(C)c1CO. The third kappa shape index (κ3) is 1.08. The van der Waals surface area contributed by atoms with Crippen molar-refractivity contribution in [2.45, 2.75) is 20.5 Å². The number of rotatable bonds is 1. The lowest BCUT2D eigenvalue weighted by atomic mass is 10.2. The third-order valence-corrected chi connectivity index (χ3v) is 2.15. The Balaban J connectivity index is 2.85. The summed E-state index contributed by atoms with van der Waals surface area (Å²) in [6.45, 7) is 3.73. The number of aryl methyl sites for hydroxylation is 2. The fourth-order valence-corrected chi connectivity index (χ4v) is 1.38. The standard InChI is InChI=1S/C8H10N4O/c1-5-7(3-13)6(2)12-8(11-5)9-4-10-12/h4,13H,3H2,1-2H3. The summed E-state index contributed by atoms with van der Waals surface area (Å²) in [6, 6.07) is 0. The molecule has 1 N–H and O–H groups in total. The highest BCUT2D eigenvalue weighted by atomic mass is 16.3. The Kier molecular flexibility index (Phi) is 1.73. The van der Waals surface area contributed by atoms with E-state index in [1.807, 2.05) is 13.8 Å². The van der Waals surface area contributed by atoms with Crippen LogP contribution in [0.15, 0.2) is 6.33 Å². The van der Waals surface area contributed by atoms with Gasteiger partial charge in [-0.2, -0.15) is 10.1 Å². The van der Waals surface area contributed by atoms with Crippen molar-refractivity contribution in [3.05, 3.63) is 23.3 Å². The quantitative estimate of drug-likeness (QED) is 0.679. The summed E-state index contributed by atoms with van der Waals surface area (Å²) < 4.78 is 1.62. The molecule has 0 aliphatic carbocycles. The molecule has 5 nitrogen and oxygen atoms in total. The monoisotopic (exact) mass is 178 g/mol. The second-order valence-electron chi connectivity index (χ2n) is 2.89. The van der Waals surface area contributed by atoms with Crippen LogP contribution in [0.4, 0.5) is 0 Å². The highest BCUT2D eigenvalue weighted by Gasteiger charge is 2.08. The Hall–Kier alpha value is -1.49. The Labute approximate surface area is 75.1 Å². The lowest BCUT2D eigenvalue weighted by Gasteiger charge is -2.06. The van der Waals surface area contributed by atoms with Gasteiger partial charge in [-0.05, 0) is 13.8 Å². The summed E-state index contributed by atoms with van der Waals surface area (Å²) in [5.41, 5.74) is 2.51. The predicted octanol–water partition coefficient (Wildman–Crippen LogP) is 0.233. The molecule has 0 saturated heterocycles. The molecule has 0 unspecified atom stereocenters. The van der Waals surface area contributed by atoms with Gasteiger partial charge in [0, 0.05) is 11.3 Å². The molecule has 0 spiro atoms. The van der Waals surface area contributed by atoms with Gasteiger partial charge in [0.2, 0.25) is 0 Å². The number of hydrogen-bond acceptors (Lipinski definition) is 4. The van der Waals surface area contributed by atoms with Crippen LogP contribution in [0.2, 0.25) is 0 Å². The van der Waals surface area contributed by atoms with Gasteiger partial charge in [-0.15, -0.1) is 0 Å². The van der Waals surface area contributed by atoms with Crippen molar-refractivity contribution in [1.82, 2.24) is 19.6 Å². The van der Waals surface area contributed by atoms with Gasteiger partial charge in [-0.1, -0.05) is 0 Å². The van der Waals surface area contributed by atoms with Crippen LogP contribution in [-0.2, 0) is 6.61 Å². The second kappa shape index (κ2) is 2.77. The smallest absolute Gasteiger partial charge is 0.252 e. The first-order chi connectivity index (χ1) is 6.24. The molecule has 0 aromatic carbocycles. The maximum absolute atomic E-state index is 9.09. The zero-order valence-electron chi connectivity index (χ0n) is 7.52. The molecule has 0 aliphatic rings. The van der Waals surface area contributed by atoms with E-state index in [1.165, 1.54) is 6.33 Å². The molecule has 0 fully saturated rings. The van der Waals surface area contributed by atoms with Crippen LogP contribution in [0, 0.1) is 13.8 Å². The molecule has 5 heteroatoms. The summed E-state index contributed by atoms with van der Waals surface area (Å²) in [6.07, 6.45) is 1.45. The molecule has 0 amide bonds. The molecule has 13 heavy (non-hydrogen) atoms. The molecular weight excluding hydrogens is 168 g/mol. The van der Waals surface area contributed by atoms with Crippen LogP contribution in [0.5, 0.6) is 0 Å². The van der Waals surface area contributed by atoms with E-state index < -0.39 is 0 Å². The minimum absolute atomic E-state index is 0.0134. The Morgan fingerprint density at radius 1 is 1.46 bits per heavy atom. The first-order valence-corrected chi connectivity index (χ1v) is 4.00. The molecule has 2 aromatic rings. The van der Waals surface area contributed by atoms with Crippen LogP contribution >= 0.6 is 0 Å². The number of aliphatic hydroxyl groups excluding tert-OH is 1. The van der Waals surface area contributed by atoms with E-state index in [4.69, 9.17) is 5.11 Å². The molecule has 0 atom stereocenters. The van der Waals surface area contributed by atoms with Crippen LogP contribution in [-0.4, -0.2) is 24.7 Å². The van der Waals surface area contributed by atoms with Crippen molar-refractivity contribution in [1.29, 1.82) is 0 Å². The Morgan fingerprint density at radius 2 is 2.23 bits per heavy atom. The van der Waals surface area contributed by atoms with Gasteiger partial charge in [0.05, 0.1) is 12.3 Å². The van der Waals surface area contributed by atoms with E-state index in [0.717, 1.165) is 17.0 Å². The van der Waals surface area contributed by atoms with E-state index >= 15 is 0 Å². The molecule has 0 bridgehead atoms. The Bertz CT molecular complexity index is 449. The normalized spacial score (nSPS) is 11.0. The molecule has 2 aromatic heterocycles. The average Bonchev–Trinajstić information content (AvgIpc) is 2.53. The van der Waals surface area contributed by atoms with Gasteiger partial charge in [0.1, 0.15) is 6.33 Å². The van der Waals surface area contributed by atoms with Crippen molar-refractivity contribution < 1.29 is 5.11 Å². The third-order valence-electron chi connectivity index (χ3n) is 2.15. The fourth-order valence-electron chi connectivity index (χ4n) is 1.38. The van der Waals surface area contributed by atoms with Crippen LogP contribution in [0.1, 0.15) is 17.0 Å². The average molecular weight is 178 g/mol. The van der Waals surface area contributed by atoms with Crippen molar-refractivity contribution in [3.8, 4) is 0 Å². The molecule has 0 saturated carbocycles. The maximum Gasteiger partial charge on any atom is 0.252 e. The lowest BCUT2D eigenvalue weighted by molar-refractivity contribution is 0.278. The van der Waals surface area contributed by atoms with Gasteiger partial charge >= 0.3 is 0 Å². The first kappa shape index (κ1) is 8.12. The van der Waals surface area contributed by atoms with Crippen molar-refractivity contribution in [2.24, 2.45) is 0 Å². The zero-order chi connectivity index (χ0) is 9.42. The van der Waals surface area contributed by atoms with Gasteiger partial charge in [0.25, 0.3) is 5.78 Å². The molecular formula is C8H10N4O. The number of hydrogen-bond donors (Lipinski definition) is 1. The molecule has 0 aliphatic heterocycles. The van der Waals surface area contributed by atoms with E-state index in [2.05, 4.69) is 15.1 Å². The number of aliphatic hydroxyl groups is 1. The second-order valence-corrected chi connectivity index (χ2v) is 2.89. The lowest BCUT2D eigenvalue weighted by Crippen LogP contribution is -2.05. The van der Waals surface area contributed by atoms with E-state index in [-0.39, 0.29) is 6.61 Å². The fraction of sp³-hybridized carbons (Fsp3) is 0.375. The largest absolute Gasteiger partial charge is 0.392 e. The Morgan fingerprint density at radius 3 is 2.92 bits per heavy atom. The van der Waals surface area contributed by atoms with Crippen LogP contribution in [0.25, 0.3) is 5.78 Å². The number of nitrogens with zero attached hydrogens (tertiary/aromatic N) is 4. The van der Waals surface area contributed by atoms with Crippen molar-refractivity contribution >= 4 is 5.78 Å². The maximum atomic E-state index is 9.09. The van der Waals surface area contributed by atoms with E-state index in [0.29, 0.717) is 5.78 Å². The predicted molar refractivity (Wildman–Crippen MR) is 46.2 cm³/mol. The summed E-state index contributed by atoms with van der Waals surface area (Å²) in [7, 11) is 0. The van der Waals surface area contributed by atoms with Crippen molar-refractivity contribution in [3.63, 3.8) is 0 Å². The molecule has 68 valence electrons. The first-order valence-electron chi connectivity index (χ1n) is 4.00. The summed E-state index contributed by atoms with van der Waals surface area (Å²) >= 11 is 0. The molecule has 2 heterocycles. The minimum Gasteiger partial charge on any atom is -0.392 e. The van der Waals surface area contributed by atoms with Gasteiger partial charge in [0.15, 0.2) is 0 Å². The van der Waals surface area contributed by atoms with Gasteiger partial charge in [-0.3, -0.25) is 0 Å². The van der Waals surface area contributed by atoms with E-state index in [9.17, 15) is 0 Å². The highest BCUT2D eigenvalue weighted by molar-refractivity contribution is 5.35. The number of aromatic nitrogens is 4. The molecule has 2 rings (SSSR count). The zero-order valence-corrected chi connectivity index (χ0v) is 7.52. The van der Waals surface area contributed by atoms with Crippen LogP contribution in [0.3, 0.4) is 0 Å². The van der Waals surface area contributed by atoms with E-state index in [1.54, 1.807) is 4.52 Å². The highest BCUT2D eigenvalue weighted by Crippen LogP contribution is 2.11. The number of fused-ring (bicyclic) bond motifs is 1. The summed E-state index contributed by atoms with van der Waals surface area (Å²) in [4.78, 5) is 8.17. The molecule has 0 radical (unpaired) electrons. The summed E-state index contributed by atoms with van der Waals surface area (Å²) in [5, 5.41) is 13.1. The summed E-state index contributed by atoms with van der Waals surface area (Å²) in [5.74, 6) is 0.576. The topological polar surface area (TPSA) is 63.3 Å². The van der Waals surface area contributed by atoms with Gasteiger partial charge in [-0.25, -0.2) is 9.50 Å². The van der Waals surface area contributed by atoms with Crippen molar-refractivity contribution in [2.75, 3.05) is 0 Å². The van der Waals surface area contributed by atoms with Gasteiger partial charge < -0.3 is 5.11 Å². The van der Waals surface area contributed by atoms with Crippen LogP contribution < -0.4 is 0 Å². The minimum atomic E-state index is -0.0134.